The predicted molar refractivity (Wildman–Crippen MR) is 277 cm³/mol. The Bertz CT molecular complexity index is 3330. The van der Waals surface area contributed by atoms with Gasteiger partial charge in [0.1, 0.15) is 0 Å². The Morgan fingerprint density at radius 1 is 0.379 bits per heavy atom. The number of nitrogens with zero attached hydrogens (tertiary/aromatic N) is 4. The second-order valence-electron chi connectivity index (χ2n) is 17.4. The van der Waals surface area contributed by atoms with Crippen molar-refractivity contribution in [1.29, 1.82) is 0 Å². The van der Waals surface area contributed by atoms with E-state index in [2.05, 4.69) is 171 Å². The Kier molecular flexibility index (Phi) is 10.5. The van der Waals surface area contributed by atoms with Gasteiger partial charge in [-0.25, -0.2) is 15.0 Å². The molecule has 0 atom stereocenters. The lowest BCUT2D eigenvalue weighted by Crippen LogP contribution is -2.16. The van der Waals surface area contributed by atoms with Gasteiger partial charge in [-0.05, 0) is 99.5 Å². The van der Waals surface area contributed by atoms with E-state index in [0.717, 1.165) is 66.5 Å². The SMILES string of the molecule is Cc1ccc(-c2ccc(N(c3ccc(-c4ccccc4)cc3)c3cccc4c3-c3ccccc3C4(C)C)cc2)cc1-c1c(S)cccc1-c1nc(-c2ccccc2)nc(-c2ccccc2)n1. The van der Waals surface area contributed by atoms with E-state index in [1.54, 1.807) is 0 Å². The summed E-state index contributed by atoms with van der Waals surface area (Å²) >= 11 is 5.10. The van der Waals surface area contributed by atoms with Crippen molar-refractivity contribution in [2.24, 2.45) is 0 Å². The van der Waals surface area contributed by atoms with Gasteiger partial charge in [0.25, 0.3) is 0 Å². The largest absolute Gasteiger partial charge is 0.310 e. The van der Waals surface area contributed by atoms with Crippen molar-refractivity contribution in [1.82, 2.24) is 15.0 Å². The maximum atomic E-state index is 5.11. The molecule has 1 heterocycles. The minimum atomic E-state index is -0.124. The smallest absolute Gasteiger partial charge is 0.164 e. The summed E-state index contributed by atoms with van der Waals surface area (Å²) in [4.78, 5) is 18.5. The van der Waals surface area contributed by atoms with Gasteiger partial charge in [-0.2, -0.15) is 0 Å². The van der Waals surface area contributed by atoms with Gasteiger partial charge in [0, 0.05) is 49.5 Å². The van der Waals surface area contributed by atoms with Crippen LogP contribution in [0, 0.1) is 6.92 Å². The molecule has 0 spiro atoms. The summed E-state index contributed by atoms with van der Waals surface area (Å²) in [5.74, 6) is 1.84. The Balaban J connectivity index is 1.01. The first-order valence-corrected chi connectivity index (χ1v) is 22.9. The molecule has 0 saturated carbocycles. The number of hydrogen-bond donors (Lipinski definition) is 1. The third kappa shape index (κ3) is 7.37. The van der Waals surface area contributed by atoms with Crippen LogP contribution in [0.25, 0.3) is 78.7 Å². The van der Waals surface area contributed by atoms with E-state index in [9.17, 15) is 0 Å². The summed E-state index contributed by atoms with van der Waals surface area (Å²) in [5.41, 5.74) is 19.0. The predicted octanol–water partition coefficient (Wildman–Crippen LogP) is 16.2. The van der Waals surface area contributed by atoms with Gasteiger partial charge in [-0.1, -0.05) is 190 Å². The van der Waals surface area contributed by atoms with E-state index in [-0.39, 0.29) is 5.41 Å². The molecule has 5 heteroatoms. The fourth-order valence-corrected chi connectivity index (χ4v) is 9.92. The van der Waals surface area contributed by atoms with Crippen LogP contribution in [0.2, 0.25) is 0 Å². The highest BCUT2D eigenvalue weighted by molar-refractivity contribution is 7.80. The van der Waals surface area contributed by atoms with Crippen molar-refractivity contribution in [3.05, 3.63) is 235 Å². The molecule has 0 aliphatic heterocycles. The highest BCUT2D eigenvalue weighted by atomic mass is 32.1. The Hall–Kier alpha value is -7.86. The molecular formula is C61H46N4S. The van der Waals surface area contributed by atoms with Crippen LogP contribution in [0.1, 0.15) is 30.5 Å². The summed E-state index contributed by atoms with van der Waals surface area (Å²) < 4.78 is 0. The number of thiol groups is 1. The fourth-order valence-electron chi connectivity index (χ4n) is 9.59. The van der Waals surface area contributed by atoms with Crippen LogP contribution >= 0.6 is 12.6 Å². The molecule has 0 unspecified atom stereocenters. The summed E-state index contributed by atoms with van der Waals surface area (Å²) in [7, 11) is 0. The van der Waals surface area contributed by atoms with E-state index < -0.39 is 0 Å². The topological polar surface area (TPSA) is 41.9 Å². The summed E-state index contributed by atoms with van der Waals surface area (Å²) in [6, 6.07) is 77.3. The first kappa shape index (κ1) is 40.9. The molecule has 1 aliphatic carbocycles. The molecule has 0 amide bonds. The molecule has 66 heavy (non-hydrogen) atoms. The number of hydrogen-bond acceptors (Lipinski definition) is 5. The minimum absolute atomic E-state index is 0.124. The molecule has 11 rings (SSSR count). The van der Waals surface area contributed by atoms with Gasteiger partial charge in [0.05, 0.1) is 5.69 Å². The summed E-state index contributed by atoms with van der Waals surface area (Å²) in [5, 5.41) is 0. The molecule has 0 radical (unpaired) electrons. The zero-order chi connectivity index (χ0) is 44.8. The first-order chi connectivity index (χ1) is 32.3. The van der Waals surface area contributed by atoms with Crippen LogP contribution in [-0.2, 0) is 5.41 Å². The summed E-state index contributed by atoms with van der Waals surface area (Å²) in [6.07, 6.45) is 0. The molecule has 0 N–H and O–H groups in total. The van der Waals surface area contributed by atoms with E-state index in [0.29, 0.717) is 17.5 Å². The maximum absolute atomic E-state index is 5.11. The molecule has 1 aromatic heterocycles. The van der Waals surface area contributed by atoms with Crippen molar-refractivity contribution >= 4 is 29.7 Å². The lowest BCUT2D eigenvalue weighted by Gasteiger charge is -2.29. The normalized spacial score (nSPS) is 12.4. The van der Waals surface area contributed by atoms with Crippen molar-refractivity contribution < 1.29 is 0 Å². The molecule has 0 saturated heterocycles. The second kappa shape index (κ2) is 16.9. The number of rotatable bonds is 9. The number of anilines is 3. The Morgan fingerprint density at radius 2 is 0.848 bits per heavy atom. The van der Waals surface area contributed by atoms with Crippen LogP contribution in [-0.4, -0.2) is 15.0 Å². The summed E-state index contributed by atoms with van der Waals surface area (Å²) in [6.45, 7) is 6.84. The third-order valence-corrected chi connectivity index (χ3v) is 13.4. The van der Waals surface area contributed by atoms with Crippen LogP contribution in [0.5, 0.6) is 0 Å². The van der Waals surface area contributed by atoms with Crippen LogP contribution in [0.15, 0.2) is 223 Å². The molecule has 0 bridgehead atoms. The standard InChI is InChI=1S/C61H46N4S/c1-40-29-30-46(39-51(40)56-50(24-15-28-55(56)66)60-63-58(44-19-9-5-10-20-44)62-59(64-60)45-21-11-6-12-22-45)43-33-37-48(38-34-43)65(47-35-31-42(32-36-47)41-17-7-4-8-18-41)54-27-16-26-53-57(54)49-23-13-14-25-52(49)61(53,2)3/h4-39,66H,1-3H3. The average Bonchev–Trinajstić information content (AvgIpc) is 3.61. The number of fused-ring (bicyclic) bond motifs is 3. The van der Waals surface area contributed by atoms with Gasteiger partial charge < -0.3 is 4.90 Å². The zero-order valence-electron chi connectivity index (χ0n) is 37.0. The second-order valence-corrected chi connectivity index (χ2v) is 17.9. The highest BCUT2D eigenvalue weighted by Gasteiger charge is 2.37. The molecule has 9 aromatic carbocycles. The van der Waals surface area contributed by atoms with Gasteiger partial charge in [-0.3, -0.25) is 0 Å². The van der Waals surface area contributed by atoms with Crippen molar-refractivity contribution in [3.63, 3.8) is 0 Å². The minimum Gasteiger partial charge on any atom is -0.310 e. The number of aromatic nitrogens is 3. The van der Waals surface area contributed by atoms with Gasteiger partial charge in [-0.15, -0.1) is 12.6 Å². The van der Waals surface area contributed by atoms with Crippen LogP contribution in [0.4, 0.5) is 17.1 Å². The van der Waals surface area contributed by atoms with E-state index >= 15 is 0 Å². The van der Waals surface area contributed by atoms with Gasteiger partial charge in [0.15, 0.2) is 17.5 Å². The van der Waals surface area contributed by atoms with Gasteiger partial charge in [0.2, 0.25) is 0 Å². The molecule has 1 aliphatic rings. The van der Waals surface area contributed by atoms with Crippen molar-refractivity contribution in [2.45, 2.75) is 31.1 Å². The monoisotopic (exact) mass is 866 g/mol. The lowest BCUT2D eigenvalue weighted by atomic mass is 9.82. The zero-order valence-corrected chi connectivity index (χ0v) is 37.9. The Morgan fingerprint density at radius 3 is 1.47 bits per heavy atom. The lowest BCUT2D eigenvalue weighted by molar-refractivity contribution is 0.660. The van der Waals surface area contributed by atoms with Crippen molar-refractivity contribution in [3.8, 4) is 78.7 Å². The molecule has 4 nitrogen and oxygen atoms in total. The van der Waals surface area contributed by atoms with E-state index in [4.69, 9.17) is 27.6 Å². The van der Waals surface area contributed by atoms with Crippen molar-refractivity contribution in [2.75, 3.05) is 4.90 Å². The average molecular weight is 867 g/mol. The maximum Gasteiger partial charge on any atom is 0.164 e. The number of aryl methyl sites for hydroxylation is 1. The molecule has 0 fully saturated rings. The first-order valence-electron chi connectivity index (χ1n) is 22.4. The van der Waals surface area contributed by atoms with E-state index in [1.165, 1.54) is 33.4 Å². The third-order valence-electron chi connectivity index (χ3n) is 13.0. The quantitative estimate of drug-likeness (QED) is 0.147. The number of benzene rings is 9. The molecular weight excluding hydrogens is 821 g/mol. The molecule has 10 aromatic rings. The highest BCUT2D eigenvalue weighted by Crippen LogP contribution is 2.54. The van der Waals surface area contributed by atoms with Crippen LogP contribution < -0.4 is 4.90 Å². The van der Waals surface area contributed by atoms with E-state index in [1.807, 2.05) is 72.8 Å². The van der Waals surface area contributed by atoms with Gasteiger partial charge >= 0.3 is 0 Å². The Labute approximate surface area is 392 Å². The molecule has 316 valence electrons. The fraction of sp³-hybridized carbons (Fsp3) is 0.0656. The van der Waals surface area contributed by atoms with Crippen LogP contribution in [0.3, 0.4) is 0 Å².